The average molecular weight is 514 g/mol. The maximum Gasteiger partial charge on any atom is 0.191 e. The Morgan fingerprint density at radius 3 is 2.52 bits per heavy atom. The fraction of sp³-hybridized carbons (Fsp3) is 0.696. The second kappa shape index (κ2) is 11.5. The summed E-state index contributed by atoms with van der Waals surface area (Å²) in [6.07, 6.45) is 7.16. The van der Waals surface area contributed by atoms with Crippen molar-refractivity contribution in [2.24, 2.45) is 4.99 Å². The molecule has 0 amide bonds. The number of rotatable bonds is 6. The molecule has 1 aromatic rings. The zero-order valence-electron chi connectivity index (χ0n) is 18.6. The Labute approximate surface area is 194 Å². The smallest absolute Gasteiger partial charge is 0.191 e. The van der Waals surface area contributed by atoms with Gasteiger partial charge in [0.1, 0.15) is 0 Å². The predicted molar refractivity (Wildman–Crippen MR) is 132 cm³/mol. The monoisotopic (exact) mass is 514 g/mol. The van der Waals surface area contributed by atoms with Crippen molar-refractivity contribution in [3.05, 3.63) is 34.9 Å². The second-order valence-electron chi connectivity index (χ2n) is 8.53. The van der Waals surface area contributed by atoms with Crippen LogP contribution in [-0.2, 0) is 17.6 Å². The number of halogens is 1. The number of ether oxygens (including phenoxy) is 1. The van der Waals surface area contributed by atoms with Gasteiger partial charge in [-0.2, -0.15) is 0 Å². The second-order valence-corrected chi connectivity index (χ2v) is 8.53. The molecule has 29 heavy (non-hydrogen) atoms. The molecule has 0 spiro atoms. The SMILES string of the molecule is CCNC(=NCC1(N(C)C)CCOCC1)NC(C)c1ccc2c(c1)CCCC2.I. The maximum atomic E-state index is 5.59. The topological polar surface area (TPSA) is 48.9 Å². The molecular weight excluding hydrogens is 475 g/mol. The van der Waals surface area contributed by atoms with Gasteiger partial charge < -0.3 is 20.3 Å². The first-order chi connectivity index (χ1) is 13.5. The first kappa shape index (κ1) is 24.4. The summed E-state index contributed by atoms with van der Waals surface area (Å²) in [5.41, 5.74) is 4.51. The number of aryl methyl sites for hydroxylation is 2. The van der Waals surface area contributed by atoms with Crippen molar-refractivity contribution in [1.29, 1.82) is 0 Å². The molecule has 0 saturated carbocycles. The quantitative estimate of drug-likeness (QED) is 0.344. The first-order valence-corrected chi connectivity index (χ1v) is 11.0. The molecule has 6 heteroatoms. The summed E-state index contributed by atoms with van der Waals surface area (Å²) in [5, 5.41) is 7.06. The Morgan fingerprint density at radius 1 is 1.17 bits per heavy atom. The Hall–Kier alpha value is -0.860. The molecule has 1 fully saturated rings. The summed E-state index contributed by atoms with van der Waals surface area (Å²) in [4.78, 5) is 7.31. The third-order valence-electron chi connectivity index (χ3n) is 6.47. The molecule has 164 valence electrons. The maximum absolute atomic E-state index is 5.59. The Balaban J connectivity index is 0.00000300. The molecule has 1 heterocycles. The molecule has 0 radical (unpaired) electrons. The van der Waals surface area contributed by atoms with Crippen LogP contribution in [0, 0.1) is 0 Å². The molecule has 0 bridgehead atoms. The lowest BCUT2D eigenvalue weighted by Gasteiger charge is -2.41. The van der Waals surface area contributed by atoms with E-state index in [0.29, 0.717) is 0 Å². The van der Waals surface area contributed by atoms with E-state index < -0.39 is 0 Å². The van der Waals surface area contributed by atoms with Crippen LogP contribution in [0.3, 0.4) is 0 Å². The van der Waals surface area contributed by atoms with E-state index in [-0.39, 0.29) is 35.6 Å². The van der Waals surface area contributed by atoms with Gasteiger partial charge in [0.15, 0.2) is 5.96 Å². The molecule has 1 unspecified atom stereocenters. The highest BCUT2D eigenvalue weighted by molar-refractivity contribution is 14.0. The predicted octanol–water partition coefficient (Wildman–Crippen LogP) is 3.91. The van der Waals surface area contributed by atoms with E-state index in [1.807, 2.05) is 0 Å². The van der Waals surface area contributed by atoms with E-state index in [2.05, 4.69) is 61.7 Å². The lowest BCUT2D eigenvalue weighted by Crippen LogP contribution is -2.51. The van der Waals surface area contributed by atoms with Crippen molar-refractivity contribution in [1.82, 2.24) is 15.5 Å². The fourth-order valence-electron chi connectivity index (χ4n) is 4.36. The summed E-state index contributed by atoms with van der Waals surface area (Å²) in [6, 6.07) is 7.24. The van der Waals surface area contributed by atoms with Crippen LogP contribution < -0.4 is 10.6 Å². The molecular formula is C23H39IN4O. The minimum atomic E-state index is 0. The molecule has 1 saturated heterocycles. The van der Waals surface area contributed by atoms with Crippen LogP contribution in [0.1, 0.15) is 62.3 Å². The lowest BCUT2D eigenvalue weighted by atomic mass is 9.89. The van der Waals surface area contributed by atoms with E-state index in [4.69, 9.17) is 9.73 Å². The van der Waals surface area contributed by atoms with Crippen molar-refractivity contribution in [3.63, 3.8) is 0 Å². The van der Waals surface area contributed by atoms with Gasteiger partial charge in [-0.1, -0.05) is 18.2 Å². The molecule has 5 nitrogen and oxygen atoms in total. The first-order valence-electron chi connectivity index (χ1n) is 11.0. The number of aliphatic imine (C=N–C) groups is 1. The van der Waals surface area contributed by atoms with Gasteiger partial charge in [0.2, 0.25) is 0 Å². The number of nitrogens with zero attached hydrogens (tertiary/aromatic N) is 2. The summed E-state index contributed by atoms with van der Waals surface area (Å²) in [7, 11) is 4.33. The van der Waals surface area contributed by atoms with Crippen LogP contribution in [-0.4, -0.2) is 56.8 Å². The highest BCUT2D eigenvalue weighted by Crippen LogP contribution is 2.27. The Bertz CT molecular complexity index is 671. The normalized spacial score (nSPS) is 19.8. The molecule has 1 aliphatic heterocycles. The van der Waals surface area contributed by atoms with Gasteiger partial charge in [0.05, 0.1) is 12.6 Å². The number of hydrogen-bond acceptors (Lipinski definition) is 3. The molecule has 1 atom stereocenters. The highest BCUT2D eigenvalue weighted by atomic mass is 127. The number of guanidine groups is 1. The van der Waals surface area contributed by atoms with Gasteiger partial charge in [-0.3, -0.25) is 4.99 Å². The van der Waals surface area contributed by atoms with E-state index in [1.165, 1.54) is 42.4 Å². The molecule has 2 aliphatic rings. The third-order valence-corrected chi connectivity index (χ3v) is 6.47. The fourth-order valence-corrected chi connectivity index (χ4v) is 4.36. The Kier molecular flexibility index (Phi) is 9.69. The Morgan fingerprint density at radius 2 is 1.86 bits per heavy atom. The van der Waals surface area contributed by atoms with E-state index in [1.54, 1.807) is 0 Å². The van der Waals surface area contributed by atoms with E-state index in [9.17, 15) is 0 Å². The summed E-state index contributed by atoms with van der Waals surface area (Å²) in [5.74, 6) is 0.903. The standard InChI is InChI=1S/C23H38N4O.HI/c1-5-24-22(25-17-23(27(3)4)12-14-28-15-13-23)26-18(2)20-11-10-19-8-6-7-9-21(19)16-20;/h10-11,16,18H,5-9,12-15,17H2,1-4H3,(H2,24,25,26);1H. The minimum Gasteiger partial charge on any atom is -0.381 e. The number of benzene rings is 1. The zero-order valence-corrected chi connectivity index (χ0v) is 20.9. The van der Waals surface area contributed by atoms with Crippen LogP contribution in [0.4, 0.5) is 0 Å². The van der Waals surface area contributed by atoms with Crippen molar-refractivity contribution in [2.75, 3.05) is 40.4 Å². The number of nitrogens with one attached hydrogen (secondary N) is 2. The van der Waals surface area contributed by atoms with Crippen molar-refractivity contribution in [3.8, 4) is 0 Å². The molecule has 2 N–H and O–H groups in total. The highest BCUT2D eigenvalue weighted by Gasteiger charge is 2.34. The van der Waals surface area contributed by atoms with Crippen molar-refractivity contribution < 1.29 is 4.74 Å². The van der Waals surface area contributed by atoms with Crippen molar-refractivity contribution in [2.45, 2.75) is 64.0 Å². The average Bonchev–Trinajstić information content (AvgIpc) is 2.72. The van der Waals surface area contributed by atoms with Gasteiger partial charge in [-0.15, -0.1) is 24.0 Å². The summed E-state index contributed by atoms with van der Waals surface area (Å²) >= 11 is 0. The van der Waals surface area contributed by atoms with Crippen LogP contribution in [0.2, 0.25) is 0 Å². The van der Waals surface area contributed by atoms with Gasteiger partial charge in [-0.25, -0.2) is 0 Å². The molecule has 3 rings (SSSR count). The number of likely N-dealkylation sites (N-methyl/N-ethyl adjacent to an activating group) is 1. The molecule has 1 aromatic carbocycles. The third kappa shape index (κ3) is 6.31. The van der Waals surface area contributed by atoms with Crippen LogP contribution >= 0.6 is 24.0 Å². The van der Waals surface area contributed by atoms with Crippen LogP contribution in [0.25, 0.3) is 0 Å². The lowest BCUT2D eigenvalue weighted by molar-refractivity contribution is -0.00255. The summed E-state index contributed by atoms with van der Waals surface area (Å²) in [6.45, 7) is 7.65. The largest absolute Gasteiger partial charge is 0.381 e. The van der Waals surface area contributed by atoms with Gasteiger partial charge in [0.25, 0.3) is 0 Å². The van der Waals surface area contributed by atoms with Gasteiger partial charge in [-0.05, 0) is 83.2 Å². The molecule has 0 aromatic heterocycles. The number of fused-ring (bicyclic) bond motifs is 1. The molecule has 1 aliphatic carbocycles. The number of hydrogen-bond donors (Lipinski definition) is 2. The van der Waals surface area contributed by atoms with Crippen LogP contribution in [0.15, 0.2) is 23.2 Å². The summed E-state index contributed by atoms with van der Waals surface area (Å²) < 4.78 is 5.59. The van der Waals surface area contributed by atoms with E-state index >= 15 is 0 Å². The van der Waals surface area contributed by atoms with Gasteiger partial charge >= 0.3 is 0 Å². The minimum absolute atomic E-state index is 0. The van der Waals surface area contributed by atoms with Crippen molar-refractivity contribution >= 4 is 29.9 Å². The van der Waals surface area contributed by atoms with Crippen LogP contribution in [0.5, 0.6) is 0 Å². The zero-order chi connectivity index (χ0) is 20.0. The van der Waals surface area contributed by atoms with Gasteiger partial charge in [0, 0.05) is 25.3 Å². The van der Waals surface area contributed by atoms with E-state index in [0.717, 1.165) is 45.1 Å².